The molecule has 8 heteroatoms. The summed E-state index contributed by atoms with van der Waals surface area (Å²) in [4.78, 5) is 11.9. The Kier molecular flexibility index (Phi) is 4.68. The molecule has 0 atom stereocenters. The van der Waals surface area contributed by atoms with Gasteiger partial charge in [0.1, 0.15) is 5.76 Å². The second kappa shape index (κ2) is 6.89. The first-order chi connectivity index (χ1) is 11.1. The van der Waals surface area contributed by atoms with E-state index >= 15 is 0 Å². The van der Waals surface area contributed by atoms with E-state index in [1.807, 2.05) is 6.92 Å². The van der Waals surface area contributed by atoms with E-state index in [4.69, 9.17) is 20.4 Å². The monoisotopic (exact) mass is 349 g/mol. The molecule has 1 amide bonds. The predicted octanol–water partition coefficient (Wildman–Crippen LogP) is 4.02. The summed E-state index contributed by atoms with van der Waals surface area (Å²) in [5.41, 5.74) is 1.39. The molecule has 0 radical (unpaired) electrons. The lowest BCUT2D eigenvalue weighted by atomic mass is 10.3. The highest BCUT2D eigenvalue weighted by Crippen LogP contribution is 2.26. The smallest absolute Gasteiger partial charge is 0.277 e. The first-order valence-electron chi connectivity index (χ1n) is 6.68. The molecular weight excluding hydrogens is 338 g/mol. The zero-order valence-corrected chi connectivity index (χ0v) is 13.6. The summed E-state index contributed by atoms with van der Waals surface area (Å²) in [6.45, 7) is 1.81. The van der Waals surface area contributed by atoms with E-state index in [1.165, 1.54) is 0 Å². The third kappa shape index (κ3) is 3.94. The Bertz CT molecular complexity index is 831. The largest absolute Gasteiger partial charge is 0.469 e. The van der Waals surface area contributed by atoms with Gasteiger partial charge in [-0.1, -0.05) is 29.4 Å². The normalized spacial score (nSPS) is 10.7. The molecule has 0 aliphatic rings. The van der Waals surface area contributed by atoms with Crippen LogP contribution in [0.1, 0.15) is 5.76 Å². The number of hydrogen-bond acceptors (Lipinski definition) is 6. The van der Waals surface area contributed by atoms with Gasteiger partial charge in [-0.3, -0.25) is 4.79 Å². The molecule has 0 spiro atoms. The molecule has 0 bridgehead atoms. The molecule has 3 rings (SSSR count). The van der Waals surface area contributed by atoms with Crippen LogP contribution >= 0.6 is 23.4 Å². The molecule has 1 aromatic carbocycles. The first-order valence-corrected chi connectivity index (χ1v) is 8.04. The summed E-state index contributed by atoms with van der Waals surface area (Å²) in [5.74, 6) is 1.04. The number of benzene rings is 1. The van der Waals surface area contributed by atoms with Gasteiger partial charge in [-0.25, -0.2) is 0 Å². The Morgan fingerprint density at radius 2 is 2.22 bits per heavy atom. The van der Waals surface area contributed by atoms with Gasteiger partial charge in [0.15, 0.2) is 0 Å². The molecule has 0 saturated heterocycles. The fraction of sp³-hybridized carbons (Fsp3) is 0.133. The van der Waals surface area contributed by atoms with Crippen LogP contribution in [0.15, 0.2) is 50.7 Å². The summed E-state index contributed by atoms with van der Waals surface area (Å²) in [5, 5.41) is 11.5. The Morgan fingerprint density at radius 3 is 2.96 bits per heavy atom. The minimum Gasteiger partial charge on any atom is -0.469 e. The number of carbonyl (C=O) groups excluding carboxylic acids is 1. The maximum Gasteiger partial charge on any atom is 0.277 e. The summed E-state index contributed by atoms with van der Waals surface area (Å²) in [6.07, 6.45) is 1.56. The summed E-state index contributed by atoms with van der Waals surface area (Å²) >= 11 is 7.03. The highest BCUT2D eigenvalue weighted by Gasteiger charge is 2.14. The van der Waals surface area contributed by atoms with Crippen molar-refractivity contribution in [3.8, 4) is 11.5 Å². The van der Waals surface area contributed by atoms with Crippen LogP contribution < -0.4 is 5.32 Å². The number of anilines is 1. The molecule has 0 aliphatic carbocycles. The van der Waals surface area contributed by atoms with Crippen molar-refractivity contribution < 1.29 is 13.6 Å². The van der Waals surface area contributed by atoms with Crippen LogP contribution in [0.2, 0.25) is 5.02 Å². The van der Waals surface area contributed by atoms with Crippen LogP contribution in [-0.4, -0.2) is 21.9 Å². The summed E-state index contributed by atoms with van der Waals surface area (Å²) < 4.78 is 10.7. The highest BCUT2D eigenvalue weighted by atomic mass is 35.5. The van der Waals surface area contributed by atoms with E-state index in [0.29, 0.717) is 27.6 Å². The zero-order chi connectivity index (χ0) is 16.2. The van der Waals surface area contributed by atoms with Crippen LogP contribution in [0, 0.1) is 6.92 Å². The number of aryl methyl sites for hydroxylation is 1. The van der Waals surface area contributed by atoms with Crippen molar-refractivity contribution in [2.45, 2.75) is 12.1 Å². The quantitative estimate of drug-likeness (QED) is 0.700. The number of thioether (sulfide) groups is 1. The lowest BCUT2D eigenvalue weighted by molar-refractivity contribution is -0.113. The van der Waals surface area contributed by atoms with E-state index in [2.05, 4.69) is 15.5 Å². The number of halogens is 1. The van der Waals surface area contributed by atoms with Crippen LogP contribution in [-0.2, 0) is 4.79 Å². The van der Waals surface area contributed by atoms with Gasteiger partial charge in [-0.15, -0.1) is 10.2 Å². The van der Waals surface area contributed by atoms with Crippen LogP contribution in [0.25, 0.3) is 11.5 Å². The number of furan rings is 1. The maximum atomic E-state index is 11.9. The molecule has 2 heterocycles. The molecule has 23 heavy (non-hydrogen) atoms. The number of rotatable bonds is 5. The molecule has 0 unspecified atom stereocenters. The predicted molar refractivity (Wildman–Crippen MR) is 87.5 cm³/mol. The maximum absolute atomic E-state index is 11.9. The number of amides is 1. The molecule has 0 aliphatic heterocycles. The SMILES string of the molecule is Cc1occc1-c1nnc(SCC(=O)Nc2cccc(Cl)c2)o1. The fourth-order valence-electron chi connectivity index (χ4n) is 1.87. The second-order valence-electron chi connectivity index (χ2n) is 4.61. The van der Waals surface area contributed by atoms with Crippen LogP contribution in [0.3, 0.4) is 0 Å². The Balaban J connectivity index is 1.57. The van der Waals surface area contributed by atoms with Crippen molar-refractivity contribution in [3.63, 3.8) is 0 Å². The van der Waals surface area contributed by atoms with Gasteiger partial charge in [0.05, 0.1) is 17.6 Å². The van der Waals surface area contributed by atoms with Crippen LogP contribution in [0.5, 0.6) is 0 Å². The minimum atomic E-state index is -0.184. The summed E-state index contributed by atoms with van der Waals surface area (Å²) in [6, 6.07) is 8.70. The van der Waals surface area contributed by atoms with E-state index in [-0.39, 0.29) is 11.7 Å². The van der Waals surface area contributed by atoms with E-state index in [1.54, 1.807) is 36.6 Å². The topological polar surface area (TPSA) is 81.2 Å². The number of aromatic nitrogens is 2. The molecule has 0 fully saturated rings. The van der Waals surface area contributed by atoms with Crippen molar-refractivity contribution in [2.24, 2.45) is 0 Å². The van der Waals surface area contributed by atoms with Gasteiger partial charge in [-0.2, -0.15) is 0 Å². The second-order valence-corrected chi connectivity index (χ2v) is 5.97. The summed E-state index contributed by atoms with van der Waals surface area (Å²) in [7, 11) is 0. The first kappa shape index (κ1) is 15.6. The van der Waals surface area contributed by atoms with Gasteiger partial charge in [-0.05, 0) is 31.2 Å². The van der Waals surface area contributed by atoms with Crippen molar-refractivity contribution in [1.29, 1.82) is 0 Å². The molecule has 2 aromatic heterocycles. The zero-order valence-electron chi connectivity index (χ0n) is 12.1. The van der Waals surface area contributed by atoms with Gasteiger partial charge < -0.3 is 14.2 Å². The molecule has 6 nitrogen and oxygen atoms in total. The van der Waals surface area contributed by atoms with Crippen molar-refractivity contribution in [1.82, 2.24) is 10.2 Å². The number of nitrogens with zero attached hydrogens (tertiary/aromatic N) is 2. The number of hydrogen-bond donors (Lipinski definition) is 1. The molecule has 3 aromatic rings. The molecule has 1 N–H and O–H groups in total. The Labute approximate surface area is 141 Å². The average molecular weight is 350 g/mol. The average Bonchev–Trinajstić information content (AvgIpc) is 3.13. The standard InChI is InChI=1S/C15H12ClN3O3S/c1-9-12(5-6-21-9)14-18-19-15(22-14)23-8-13(20)17-11-4-2-3-10(16)7-11/h2-7H,8H2,1H3,(H,17,20). The lowest BCUT2D eigenvalue weighted by Gasteiger charge is -2.03. The third-order valence-corrected chi connectivity index (χ3v) is 3.98. The van der Waals surface area contributed by atoms with E-state index in [0.717, 1.165) is 17.3 Å². The van der Waals surface area contributed by atoms with E-state index in [9.17, 15) is 4.79 Å². The Morgan fingerprint density at radius 1 is 1.35 bits per heavy atom. The van der Waals surface area contributed by atoms with Gasteiger partial charge >= 0.3 is 0 Å². The number of nitrogens with one attached hydrogen (secondary N) is 1. The van der Waals surface area contributed by atoms with Gasteiger partial charge in [0.25, 0.3) is 11.1 Å². The minimum absolute atomic E-state index is 0.151. The van der Waals surface area contributed by atoms with E-state index < -0.39 is 0 Å². The Hall–Kier alpha value is -2.25. The molecule has 0 saturated carbocycles. The third-order valence-electron chi connectivity index (χ3n) is 2.93. The van der Waals surface area contributed by atoms with Crippen LogP contribution in [0.4, 0.5) is 5.69 Å². The van der Waals surface area contributed by atoms with Crippen molar-refractivity contribution in [2.75, 3.05) is 11.1 Å². The highest BCUT2D eigenvalue weighted by molar-refractivity contribution is 7.99. The fourth-order valence-corrected chi connectivity index (χ4v) is 2.63. The lowest BCUT2D eigenvalue weighted by Crippen LogP contribution is -2.13. The number of carbonyl (C=O) groups is 1. The molecule has 118 valence electrons. The molecular formula is C15H12ClN3O3S. The van der Waals surface area contributed by atoms with Gasteiger partial charge in [0, 0.05) is 10.7 Å². The van der Waals surface area contributed by atoms with Gasteiger partial charge in [0.2, 0.25) is 5.91 Å². The van der Waals surface area contributed by atoms with Crippen molar-refractivity contribution in [3.05, 3.63) is 47.4 Å². The van der Waals surface area contributed by atoms with Crippen molar-refractivity contribution >= 4 is 35.0 Å².